The van der Waals surface area contributed by atoms with Crippen LogP contribution in [0.2, 0.25) is 0 Å². The molecular weight excluding hydrogens is 354 g/mol. The summed E-state index contributed by atoms with van der Waals surface area (Å²) in [5.74, 6) is 0.820. The van der Waals surface area contributed by atoms with Crippen LogP contribution in [0.15, 0.2) is 42.5 Å². The summed E-state index contributed by atoms with van der Waals surface area (Å²) in [4.78, 5) is 11.4. The molecule has 0 atom stereocenters. The molecule has 3 aromatic rings. The van der Waals surface area contributed by atoms with Gasteiger partial charge in [-0.15, -0.1) is 5.10 Å². The quantitative estimate of drug-likeness (QED) is 0.646. The molecule has 7 nitrogen and oxygen atoms in total. The Hall–Kier alpha value is -3.66. The van der Waals surface area contributed by atoms with Crippen molar-refractivity contribution in [3.63, 3.8) is 0 Å². The van der Waals surface area contributed by atoms with E-state index >= 15 is 0 Å². The van der Waals surface area contributed by atoms with E-state index in [0.717, 1.165) is 36.3 Å². The molecule has 2 aromatic carbocycles. The number of H-pyrrole nitrogens is 1. The van der Waals surface area contributed by atoms with Crippen LogP contribution in [0.5, 0.6) is 5.75 Å². The highest BCUT2D eigenvalue weighted by Crippen LogP contribution is 2.25. The van der Waals surface area contributed by atoms with Crippen molar-refractivity contribution in [2.45, 2.75) is 25.7 Å². The second kappa shape index (κ2) is 7.92. The third-order valence-electron chi connectivity index (χ3n) is 4.71. The van der Waals surface area contributed by atoms with Crippen molar-refractivity contribution in [3.05, 3.63) is 59.3 Å². The fraction of sp³-hybridized carbons (Fsp3) is 0.238. The lowest BCUT2D eigenvalue weighted by Gasteiger charge is -2.17. The topological polar surface area (TPSA) is 104 Å². The van der Waals surface area contributed by atoms with Gasteiger partial charge in [0.15, 0.2) is 5.69 Å². The molecule has 1 amide bonds. The first-order chi connectivity index (χ1) is 13.7. The van der Waals surface area contributed by atoms with Crippen LogP contribution in [-0.2, 0) is 17.6 Å². The number of hydrogen-bond acceptors (Lipinski definition) is 5. The highest BCUT2D eigenvalue weighted by atomic mass is 16.5. The van der Waals surface area contributed by atoms with Crippen molar-refractivity contribution in [1.82, 2.24) is 15.4 Å². The first-order valence-electron chi connectivity index (χ1n) is 9.19. The Morgan fingerprint density at radius 2 is 2.11 bits per heavy atom. The standard InChI is InChI=1S/C21H19N5O2/c22-13-19-21(25-26-24-19)16-4-1-5-17(12-16)28-10-2-3-14-6-8-18-15(11-14)7-9-20(27)23-18/h1,4-6,8,11-12H,2-3,7,9-10H2,(H,23,27)(H,24,25,26). The summed E-state index contributed by atoms with van der Waals surface area (Å²) in [7, 11) is 0. The number of nitrogens with one attached hydrogen (secondary N) is 2. The van der Waals surface area contributed by atoms with Crippen molar-refractivity contribution in [2.75, 3.05) is 11.9 Å². The molecule has 0 unspecified atom stereocenters. The number of benzene rings is 2. The number of aromatic amines is 1. The number of aromatic nitrogens is 3. The van der Waals surface area contributed by atoms with E-state index in [9.17, 15) is 4.79 Å². The number of carbonyl (C=O) groups excluding carboxylic acids is 1. The maximum atomic E-state index is 11.4. The number of rotatable bonds is 6. The molecule has 140 valence electrons. The van der Waals surface area contributed by atoms with Gasteiger partial charge in [-0.1, -0.05) is 29.5 Å². The number of amides is 1. The zero-order valence-electron chi connectivity index (χ0n) is 15.2. The van der Waals surface area contributed by atoms with Gasteiger partial charge in [-0.05, 0) is 48.6 Å². The van der Waals surface area contributed by atoms with E-state index in [-0.39, 0.29) is 5.91 Å². The van der Waals surface area contributed by atoms with Gasteiger partial charge < -0.3 is 10.1 Å². The average Bonchev–Trinajstić information content (AvgIpc) is 3.20. The molecule has 28 heavy (non-hydrogen) atoms. The Bertz CT molecular complexity index is 1050. The van der Waals surface area contributed by atoms with Crippen molar-refractivity contribution < 1.29 is 9.53 Å². The summed E-state index contributed by atoms with van der Waals surface area (Å²) in [5.41, 5.74) is 5.02. The van der Waals surface area contributed by atoms with Gasteiger partial charge in [-0.25, -0.2) is 5.10 Å². The van der Waals surface area contributed by atoms with E-state index in [0.29, 0.717) is 24.4 Å². The van der Waals surface area contributed by atoms with Gasteiger partial charge in [0, 0.05) is 17.7 Å². The number of carbonyl (C=O) groups is 1. The monoisotopic (exact) mass is 373 g/mol. The van der Waals surface area contributed by atoms with Crippen LogP contribution >= 0.6 is 0 Å². The summed E-state index contributed by atoms with van der Waals surface area (Å²) in [6.45, 7) is 0.585. The van der Waals surface area contributed by atoms with Gasteiger partial charge in [-0.2, -0.15) is 5.26 Å². The molecule has 0 saturated carbocycles. The maximum Gasteiger partial charge on any atom is 0.224 e. The molecule has 0 aliphatic carbocycles. The highest BCUT2D eigenvalue weighted by Gasteiger charge is 2.14. The van der Waals surface area contributed by atoms with E-state index < -0.39 is 0 Å². The molecule has 1 aromatic heterocycles. The van der Waals surface area contributed by atoms with Crippen LogP contribution in [0.1, 0.15) is 29.7 Å². The van der Waals surface area contributed by atoms with Gasteiger partial charge in [0.25, 0.3) is 0 Å². The molecule has 1 aliphatic rings. The van der Waals surface area contributed by atoms with E-state index in [1.54, 1.807) is 0 Å². The molecule has 4 rings (SSSR count). The van der Waals surface area contributed by atoms with Gasteiger partial charge in [0.1, 0.15) is 17.5 Å². The molecule has 0 bridgehead atoms. The lowest BCUT2D eigenvalue weighted by molar-refractivity contribution is -0.116. The maximum absolute atomic E-state index is 11.4. The summed E-state index contributed by atoms with van der Waals surface area (Å²) < 4.78 is 5.87. The number of fused-ring (bicyclic) bond motifs is 1. The van der Waals surface area contributed by atoms with Crippen LogP contribution in [0, 0.1) is 11.3 Å². The van der Waals surface area contributed by atoms with Gasteiger partial charge >= 0.3 is 0 Å². The second-order valence-corrected chi connectivity index (χ2v) is 6.67. The number of nitriles is 1. The molecule has 0 radical (unpaired) electrons. The highest BCUT2D eigenvalue weighted by molar-refractivity contribution is 5.93. The van der Waals surface area contributed by atoms with Crippen molar-refractivity contribution >= 4 is 11.6 Å². The second-order valence-electron chi connectivity index (χ2n) is 6.67. The summed E-state index contributed by atoms with van der Waals surface area (Å²) in [5, 5.41) is 22.2. The molecule has 0 fully saturated rings. The lowest BCUT2D eigenvalue weighted by Crippen LogP contribution is -2.19. The molecular formula is C21H19N5O2. The Morgan fingerprint density at radius 1 is 1.18 bits per heavy atom. The van der Waals surface area contributed by atoms with Crippen LogP contribution in [-0.4, -0.2) is 27.9 Å². The van der Waals surface area contributed by atoms with E-state index in [4.69, 9.17) is 10.00 Å². The van der Waals surface area contributed by atoms with Crippen molar-refractivity contribution in [1.29, 1.82) is 5.26 Å². The zero-order chi connectivity index (χ0) is 19.3. The van der Waals surface area contributed by atoms with E-state index in [1.165, 1.54) is 11.1 Å². The van der Waals surface area contributed by atoms with Gasteiger partial charge in [-0.3, -0.25) is 4.79 Å². The lowest BCUT2D eigenvalue weighted by atomic mass is 9.99. The SMILES string of the molecule is N#Cc1[nH]nnc1-c1cccc(OCCCc2ccc3c(c2)CCC(=O)N3)c1. The Labute approximate surface area is 162 Å². The Morgan fingerprint density at radius 3 is 3.00 bits per heavy atom. The van der Waals surface area contributed by atoms with Gasteiger partial charge in [0.05, 0.1) is 6.61 Å². The Kier molecular flexibility index (Phi) is 5.02. The molecule has 1 aliphatic heterocycles. The molecule has 2 heterocycles. The first kappa shape index (κ1) is 17.7. The normalized spacial score (nSPS) is 12.8. The smallest absolute Gasteiger partial charge is 0.224 e. The predicted octanol–water partition coefficient (Wildman–Crippen LogP) is 3.24. The number of ether oxygens (including phenoxy) is 1. The average molecular weight is 373 g/mol. The molecule has 2 N–H and O–H groups in total. The fourth-order valence-corrected chi connectivity index (χ4v) is 3.30. The number of nitrogens with zero attached hydrogens (tertiary/aromatic N) is 3. The van der Waals surface area contributed by atoms with Crippen LogP contribution < -0.4 is 10.1 Å². The molecule has 0 saturated heterocycles. The fourth-order valence-electron chi connectivity index (χ4n) is 3.30. The minimum Gasteiger partial charge on any atom is -0.494 e. The van der Waals surface area contributed by atoms with Crippen molar-refractivity contribution in [2.24, 2.45) is 0 Å². The first-order valence-corrected chi connectivity index (χ1v) is 9.19. The van der Waals surface area contributed by atoms with Crippen LogP contribution in [0.4, 0.5) is 5.69 Å². The van der Waals surface area contributed by atoms with E-state index in [2.05, 4.69) is 32.9 Å². The summed E-state index contributed by atoms with van der Waals surface area (Å²) >= 11 is 0. The number of anilines is 1. The number of aryl methyl sites for hydroxylation is 2. The largest absolute Gasteiger partial charge is 0.494 e. The van der Waals surface area contributed by atoms with E-state index in [1.807, 2.05) is 36.4 Å². The third kappa shape index (κ3) is 3.86. The van der Waals surface area contributed by atoms with Crippen molar-refractivity contribution in [3.8, 4) is 23.1 Å². The van der Waals surface area contributed by atoms with Crippen LogP contribution in [0.25, 0.3) is 11.3 Å². The zero-order valence-corrected chi connectivity index (χ0v) is 15.2. The van der Waals surface area contributed by atoms with Crippen LogP contribution in [0.3, 0.4) is 0 Å². The minimum atomic E-state index is 0.0865. The molecule has 0 spiro atoms. The molecule has 7 heteroatoms. The number of hydrogen-bond donors (Lipinski definition) is 2. The minimum absolute atomic E-state index is 0.0865. The summed E-state index contributed by atoms with van der Waals surface area (Å²) in [6.07, 6.45) is 3.13. The Balaban J connectivity index is 1.33. The van der Waals surface area contributed by atoms with Gasteiger partial charge in [0.2, 0.25) is 5.91 Å². The summed E-state index contributed by atoms with van der Waals surface area (Å²) in [6, 6.07) is 15.7. The third-order valence-corrected chi connectivity index (χ3v) is 4.71. The predicted molar refractivity (Wildman–Crippen MR) is 104 cm³/mol.